The maximum Gasteiger partial charge on any atom is 0.163 e. The molecule has 0 saturated heterocycles. The smallest absolute Gasteiger partial charge is 0.163 e. The van der Waals surface area contributed by atoms with Gasteiger partial charge in [0.15, 0.2) is 11.5 Å². The van der Waals surface area contributed by atoms with E-state index in [-0.39, 0.29) is 6.04 Å². The molecular weight excluding hydrogens is 264 g/mol. The standard InChI is InChI=1S/C17H20N2O2/c1-11-5-3-4-6-13(11)12(2)19-15-10-17-16(9-14(15)18)20-7-8-21-17/h3-6,9-10,12,19H,7-8,18H2,1-2H3. The molecule has 0 aliphatic carbocycles. The second-order valence-electron chi connectivity index (χ2n) is 5.31. The number of hydrogen-bond acceptors (Lipinski definition) is 4. The predicted molar refractivity (Wildman–Crippen MR) is 85.1 cm³/mol. The van der Waals surface area contributed by atoms with E-state index < -0.39 is 0 Å². The number of anilines is 2. The third-order valence-electron chi connectivity index (χ3n) is 3.74. The van der Waals surface area contributed by atoms with E-state index in [1.165, 1.54) is 11.1 Å². The summed E-state index contributed by atoms with van der Waals surface area (Å²) >= 11 is 0. The number of nitrogens with two attached hydrogens (primary N) is 1. The largest absolute Gasteiger partial charge is 0.486 e. The number of rotatable bonds is 3. The van der Waals surface area contributed by atoms with Crippen LogP contribution in [0.25, 0.3) is 0 Å². The number of benzene rings is 2. The summed E-state index contributed by atoms with van der Waals surface area (Å²) in [6.07, 6.45) is 0. The Hall–Kier alpha value is -2.36. The maximum absolute atomic E-state index is 6.11. The van der Waals surface area contributed by atoms with Crippen LogP contribution in [-0.4, -0.2) is 13.2 Å². The van der Waals surface area contributed by atoms with Gasteiger partial charge in [-0.05, 0) is 25.0 Å². The summed E-state index contributed by atoms with van der Waals surface area (Å²) in [6.45, 7) is 5.38. The molecule has 0 amide bonds. The predicted octanol–water partition coefficient (Wildman–Crippen LogP) is 3.52. The van der Waals surface area contributed by atoms with Gasteiger partial charge in [-0.25, -0.2) is 0 Å². The SMILES string of the molecule is Cc1ccccc1C(C)Nc1cc2c(cc1N)OCCO2. The molecule has 3 rings (SSSR count). The van der Waals surface area contributed by atoms with Gasteiger partial charge in [-0.1, -0.05) is 24.3 Å². The van der Waals surface area contributed by atoms with Crippen LogP contribution in [0.5, 0.6) is 11.5 Å². The van der Waals surface area contributed by atoms with Gasteiger partial charge < -0.3 is 20.5 Å². The highest BCUT2D eigenvalue weighted by atomic mass is 16.6. The summed E-state index contributed by atoms with van der Waals surface area (Å²) in [7, 11) is 0. The molecule has 1 aliphatic heterocycles. The fourth-order valence-electron chi connectivity index (χ4n) is 2.61. The Bertz CT molecular complexity index is 655. The van der Waals surface area contributed by atoms with Crippen molar-refractivity contribution in [1.29, 1.82) is 0 Å². The van der Waals surface area contributed by atoms with Crippen molar-refractivity contribution in [2.24, 2.45) is 0 Å². The van der Waals surface area contributed by atoms with Gasteiger partial charge in [-0.15, -0.1) is 0 Å². The highest BCUT2D eigenvalue weighted by molar-refractivity contribution is 5.72. The molecule has 0 radical (unpaired) electrons. The minimum Gasteiger partial charge on any atom is -0.486 e. The molecule has 110 valence electrons. The van der Waals surface area contributed by atoms with Gasteiger partial charge in [0.1, 0.15) is 13.2 Å². The first-order valence-electron chi connectivity index (χ1n) is 7.16. The van der Waals surface area contributed by atoms with E-state index in [0.717, 1.165) is 11.4 Å². The van der Waals surface area contributed by atoms with E-state index in [9.17, 15) is 0 Å². The van der Waals surface area contributed by atoms with Crippen LogP contribution >= 0.6 is 0 Å². The molecule has 2 aromatic carbocycles. The third kappa shape index (κ3) is 2.75. The summed E-state index contributed by atoms with van der Waals surface area (Å²) in [5.74, 6) is 1.46. The van der Waals surface area contributed by atoms with Crippen molar-refractivity contribution in [3.8, 4) is 11.5 Å². The van der Waals surface area contributed by atoms with E-state index >= 15 is 0 Å². The van der Waals surface area contributed by atoms with Gasteiger partial charge in [-0.3, -0.25) is 0 Å². The van der Waals surface area contributed by atoms with Crippen LogP contribution in [0, 0.1) is 6.92 Å². The molecule has 1 heterocycles. The average molecular weight is 284 g/mol. The molecule has 4 heteroatoms. The van der Waals surface area contributed by atoms with Crippen molar-refractivity contribution in [2.75, 3.05) is 24.3 Å². The van der Waals surface area contributed by atoms with Crippen molar-refractivity contribution in [2.45, 2.75) is 19.9 Å². The van der Waals surface area contributed by atoms with Crippen molar-refractivity contribution in [1.82, 2.24) is 0 Å². The van der Waals surface area contributed by atoms with E-state index in [1.807, 2.05) is 24.3 Å². The lowest BCUT2D eigenvalue weighted by Gasteiger charge is -2.23. The van der Waals surface area contributed by atoms with Crippen molar-refractivity contribution >= 4 is 11.4 Å². The molecule has 2 aromatic rings. The van der Waals surface area contributed by atoms with Gasteiger partial charge in [0.2, 0.25) is 0 Å². The number of nitrogen functional groups attached to an aromatic ring is 1. The van der Waals surface area contributed by atoms with Crippen LogP contribution in [0.1, 0.15) is 24.1 Å². The van der Waals surface area contributed by atoms with Gasteiger partial charge >= 0.3 is 0 Å². The average Bonchev–Trinajstić information content (AvgIpc) is 2.48. The fourth-order valence-corrected chi connectivity index (χ4v) is 2.61. The topological polar surface area (TPSA) is 56.5 Å². The normalized spacial score (nSPS) is 14.6. The Morgan fingerprint density at radius 2 is 1.76 bits per heavy atom. The zero-order valence-corrected chi connectivity index (χ0v) is 12.3. The number of hydrogen-bond donors (Lipinski definition) is 2. The second-order valence-corrected chi connectivity index (χ2v) is 5.31. The molecule has 0 saturated carbocycles. The Kier molecular flexibility index (Phi) is 3.60. The van der Waals surface area contributed by atoms with Crippen LogP contribution in [-0.2, 0) is 0 Å². The fraction of sp³-hybridized carbons (Fsp3) is 0.294. The van der Waals surface area contributed by atoms with Gasteiger partial charge in [0.25, 0.3) is 0 Å². The second kappa shape index (κ2) is 5.56. The van der Waals surface area contributed by atoms with Crippen molar-refractivity contribution in [3.05, 3.63) is 47.5 Å². The van der Waals surface area contributed by atoms with E-state index in [0.29, 0.717) is 24.7 Å². The number of nitrogens with one attached hydrogen (secondary N) is 1. The molecule has 0 fully saturated rings. The van der Waals surface area contributed by atoms with Crippen molar-refractivity contribution in [3.63, 3.8) is 0 Å². The quantitative estimate of drug-likeness (QED) is 0.847. The van der Waals surface area contributed by atoms with Gasteiger partial charge in [0, 0.05) is 18.2 Å². The van der Waals surface area contributed by atoms with E-state index in [4.69, 9.17) is 15.2 Å². The lowest BCUT2D eigenvalue weighted by Crippen LogP contribution is -2.16. The van der Waals surface area contributed by atoms with E-state index in [1.54, 1.807) is 0 Å². The van der Waals surface area contributed by atoms with Gasteiger partial charge in [0.05, 0.1) is 11.4 Å². The first kappa shape index (κ1) is 13.6. The summed E-state index contributed by atoms with van der Waals surface area (Å²) < 4.78 is 11.1. The first-order valence-corrected chi connectivity index (χ1v) is 7.16. The van der Waals surface area contributed by atoms with Crippen LogP contribution in [0.15, 0.2) is 36.4 Å². The van der Waals surface area contributed by atoms with E-state index in [2.05, 4.69) is 31.3 Å². The first-order chi connectivity index (χ1) is 10.1. The minimum absolute atomic E-state index is 0.163. The third-order valence-corrected chi connectivity index (χ3v) is 3.74. The van der Waals surface area contributed by atoms with Crippen LogP contribution < -0.4 is 20.5 Å². The van der Waals surface area contributed by atoms with Crippen LogP contribution in [0.3, 0.4) is 0 Å². The van der Waals surface area contributed by atoms with Crippen LogP contribution in [0.4, 0.5) is 11.4 Å². The number of fused-ring (bicyclic) bond motifs is 1. The van der Waals surface area contributed by atoms with Crippen molar-refractivity contribution < 1.29 is 9.47 Å². The molecule has 0 bridgehead atoms. The zero-order valence-electron chi connectivity index (χ0n) is 12.3. The lowest BCUT2D eigenvalue weighted by molar-refractivity contribution is 0.172. The molecule has 4 nitrogen and oxygen atoms in total. The molecule has 1 atom stereocenters. The monoisotopic (exact) mass is 284 g/mol. The molecule has 1 aliphatic rings. The molecule has 0 spiro atoms. The molecule has 0 aromatic heterocycles. The molecular formula is C17H20N2O2. The summed E-state index contributed by atoms with van der Waals surface area (Å²) in [5, 5.41) is 3.46. The molecule has 21 heavy (non-hydrogen) atoms. The number of ether oxygens (including phenoxy) is 2. The maximum atomic E-state index is 6.11. The summed E-state index contributed by atoms with van der Waals surface area (Å²) in [5.41, 5.74) is 10.2. The lowest BCUT2D eigenvalue weighted by atomic mass is 10.0. The minimum atomic E-state index is 0.163. The summed E-state index contributed by atoms with van der Waals surface area (Å²) in [6, 6.07) is 12.2. The Morgan fingerprint density at radius 3 is 2.48 bits per heavy atom. The Morgan fingerprint density at radius 1 is 1.10 bits per heavy atom. The molecule has 1 unspecified atom stereocenters. The number of aryl methyl sites for hydroxylation is 1. The van der Waals surface area contributed by atoms with Crippen LogP contribution in [0.2, 0.25) is 0 Å². The van der Waals surface area contributed by atoms with Gasteiger partial charge in [-0.2, -0.15) is 0 Å². The highest BCUT2D eigenvalue weighted by Crippen LogP contribution is 2.38. The molecule has 3 N–H and O–H groups in total. The highest BCUT2D eigenvalue weighted by Gasteiger charge is 2.16. The Labute approximate surface area is 124 Å². The Balaban J connectivity index is 1.86. The zero-order chi connectivity index (χ0) is 14.8. The summed E-state index contributed by atoms with van der Waals surface area (Å²) in [4.78, 5) is 0.